The predicted octanol–water partition coefficient (Wildman–Crippen LogP) is 6.88. The molecule has 0 aliphatic carbocycles. The first-order valence-electron chi connectivity index (χ1n) is 14.9. The summed E-state index contributed by atoms with van der Waals surface area (Å²) in [6.07, 6.45) is 2.44. The number of aryl methyl sites for hydroxylation is 5. The highest BCUT2D eigenvalue weighted by Gasteiger charge is 2.22. The molecule has 0 amide bonds. The third-order valence-corrected chi connectivity index (χ3v) is 9.05. The molecule has 0 fully saturated rings. The average Bonchev–Trinajstić information content (AvgIpc) is 3.46. The molecule has 0 atom stereocenters. The van der Waals surface area contributed by atoms with Gasteiger partial charge in [-0.05, 0) is 92.8 Å². The minimum absolute atomic E-state index is 0.0854. The summed E-state index contributed by atoms with van der Waals surface area (Å²) in [4.78, 5) is 13.4. The topological polar surface area (TPSA) is 120 Å². The van der Waals surface area contributed by atoms with Gasteiger partial charge in [-0.1, -0.05) is 25.1 Å². The van der Waals surface area contributed by atoms with E-state index in [1.54, 1.807) is 44.4 Å². The molecule has 0 aliphatic heterocycles. The van der Waals surface area contributed by atoms with Crippen LogP contribution in [0.2, 0.25) is 0 Å². The van der Waals surface area contributed by atoms with Crippen molar-refractivity contribution in [1.29, 1.82) is 0 Å². The smallest absolute Gasteiger partial charge is 0.261 e. The van der Waals surface area contributed by atoms with E-state index >= 15 is 0 Å². The number of nitrogens with one attached hydrogen (secondary N) is 1. The predicted molar refractivity (Wildman–Crippen MR) is 178 cm³/mol. The van der Waals surface area contributed by atoms with Gasteiger partial charge in [0.1, 0.15) is 35.2 Å². The zero-order valence-corrected chi connectivity index (χ0v) is 27.2. The van der Waals surface area contributed by atoms with Gasteiger partial charge in [0.15, 0.2) is 0 Å². The molecule has 236 valence electrons. The number of furan rings is 1. The van der Waals surface area contributed by atoms with Crippen LogP contribution in [-0.4, -0.2) is 37.1 Å². The number of sulfonamides is 1. The Morgan fingerprint density at radius 1 is 0.933 bits per heavy atom. The van der Waals surface area contributed by atoms with E-state index in [1.165, 1.54) is 4.57 Å². The quantitative estimate of drug-likeness (QED) is 0.163. The van der Waals surface area contributed by atoms with Gasteiger partial charge in [0.25, 0.3) is 5.56 Å². The lowest BCUT2D eigenvalue weighted by Crippen LogP contribution is -2.16. The molecule has 5 rings (SSSR count). The van der Waals surface area contributed by atoms with Crippen molar-refractivity contribution < 1.29 is 27.4 Å². The molecule has 0 unspecified atom stereocenters. The highest BCUT2D eigenvalue weighted by molar-refractivity contribution is 7.92. The molecular formula is C35H38N2O7S. The summed E-state index contributed by atoms with van der Waals surface area (Å²) in [6.45, 7) is 9.53. The van der Waals surface area contributed by atoms with Crippen LogP contribution in [0.3, 0.4) is 0 Å². The summed E-state index contributed by atoms with van der Waals surface area (Å²) in [5.74, 6) is 2.30. The van der Waals surface area contributed by atoms with Crippen LogP contribution in [0.25, 0.3) is 33.4 Å². The molecule has 0 saturated heterocycles. The Hall–Kier alpha value is -4.54. The minimum Gasteiger partial charge on any atom is -0.491 e. The average molecular weight is 631 g/mol. The van der Waals surface area contributed by atoms with Gasteiger partial charge in [-0.2, -0.15) is 0 Å². The van der Waals surface area contributed by atoms with E-state index in [1.807, 2.05) is 51.1 Å². The number of para-hydroxylation sites is 1. The maximum Gasteiger partial charge on any atom is 0.261 e. The highest BCUT2D eigenvalue weighted by atomic mass is 32.2. The maximum absolute atomic E-state index is 13.4. The van der Waals surface area contributed by atoms with E-state index < -0.39 is 10.0 Å². The summed E-state index contributed by atoms with van der Waals surface area (Å²) in [5.41, 5.74) is 6.07. The van der Waals surface area contributed by atoms with Crippen LogP contribution in [0.5, 0.6) is 17.2 Å². The number of benzene rings is 3. The van der Waals surface area contributed by atoms with Crippen LogP contribution in [0, 0.1) is 20.8 Å². The van der Waals surface area contributed by atoms with Gasteiger partial charge in [-0.15, -0.1) is 0 Å². The van der Waals surface area contributed by atoms with E-state index in [-0.39, 0.29) is 24.5 Å². The van der Waals surface area contributed by atoms with Gasteiger partial charge in [-0.25, -0.2) is 8.42 Å². The first kappa shape index (κ1) is 31.9. The van der Waals surface area contributed by atoms with Crippen LogP contribution < -0.4 is 19.8 Å². The van der Waals surface area contributed by atoms with Crippen molar-refractivity contribution in [2.75, 3.05) is 23.7 Å². The Morgan fingerprint density at radius 3 is 2.33 bits per heavy atom. The Morgan fingerprint density at radius 2 is 1.67 bits per heavy atom. The number of rotatable bonds is 11. The first-order chi connectivity index (χ1) is 21.5. The maximum atomic E-state index is 13.4. The molecule has 0 aliphatic rings. The van der Waals surface area contributed by atoms with Crippen LogP contribution in [0.4, 0.5) is 5.69 Å². The highest BCUT2D eigenvalue weighted by Crippen LogP contribution is 2.42. The van der Waals surface area contributed by atoms with Gasteiger partial charge >= 0.3 is 0 Å². The van der Waals surface area contributed by atoms with Crippen molar-refractivity contribution in [3.8, 4) is 39.7 Å². The molecule has 3 aromatic carbocycles. The number of aliphatic hydroxyl groups is 1. The zero-order chi connectivity index (χ0) is 32.5. The largest absolute Gasteiger partial charge is 0.491 e. The third kappa shape index (κ3) is 6.48. The Balaban J connectivity index is 1.73. The van der Waals surface area contributed by atoms with Crippen molar-refractivity contribution in [1.82, 2.24) is 4.57 Å². The van der Waals surface area contributed by atoms with E-state index in [9.17, 15) is 18.3 Å². The van der Waals surface area contributed by atoms with Gasteiger partial charge in [0, 0.05) is 35.6 Å². The van der Waals surface area contributed by atoms with Crippen molar-refractivity contribution in [2.45, 2.75) is 41.0 Å². The lowest BCUT2D eigenvalue weighted by atomic mass is 10.0. The van der Waals surface area contributed by atoms with Crippen LogP contribution in [0.1, 0.15) is 36.1 Å². The number of pyridine rings is 1. The third-order valence-electron chi connectivity index (χ3n) is 7.74. The number of nitrogens with zero attached hydrogens (tertiary/aromatic N) is 1. The van der Waals surface area contributed by atoms with Gasteiger partial charge in [0.2, 0.25) is 10.0 Å². The molecule has 9 nitrogen and oxygen atoms in total. The number of hydrogen-bond acceptors (Lipinski definition) is 7. The molecule has 0 bridgehead atoms. The molecule has 45 heavy (non-hydrogen) atoms. The molecule has 0 saturated carbocycles. The summed E-state index contributed by atoms with van der Waals surface area (Å²) in [6, 6.07) is 16.6. The van der Waals surface area contributed by atoms with Crippen molar-refractivity contribution >= 4 is 26.7 Å². The number of ether oxygens (including phenoxy) is 2. The number of aromatic nitrogens is 1. The normalized spacial score (nSPS) is 11.6. The first-order valence-corrected chi connectivity index (χ1v) is 16.5. The monoisotopic (exact) mass is 630 g/mol. The summed E-state index contributed by atoms with van der Waals surface area (Å²) >= 11 is 0. The van der Waals surface area contributed by atoms with Gasteiger partial charge < -0.3 is 23.6 Å². The van der Waals surface area contributed by atoms with Crippen LogP contribution in [-0.2, 0) is 23.5 Å². The number of fused-ring (bicyclic) bond motifs is 1. The van der Waals surface area contributed by atoms with E-state index in [0.29, 0.717) is 45.0 Å². The molecule has 0 radical (unpaired) electrons. The Bertz CT molecular complexity index is 2040. The summed E-state index contributed by atoms with van der Waals surface area (Å²) < 4.78 is 47.9. The fourth-order valence-electron chi connectivity index (χ4n) is 5.45. The minimum atomic E-state index is -3.56. The van der Waals surface area contributed by atoms with Gasteiger partial charge in [-0.3, -0.25) is 9.52 Å². The lowest BCUT2D eigenvalue weighted by Gasteiger charge is -2.18. The van der Waals surface area contributed by atoms with E-state index in [4.69, 9.17) is 13.9 Å². The van der Waals surface area contributed by atoms with E-state index in [2.05, 4.69) is 11.6 Å². The molecule has 2 N–H and O–H groups in total. The van der Waals surface area contributed by atoms with Crippen LogP contribution in [0.15, 0.2) is 70.0 Å². The van der Waals surface area contributed by atoms with Crippen molar-refractivity contribution in [2.24, 2.45) is 7.05 Å². The Kier molecular flexibility index (Phi) is 9.08. The van der Waals surface area contributed by atoms with E-state index in [0.717, 1.165) is 40.0 Å². The number of anilines is 1. The summed E-state index contributed by atoms with van der Waals surface area (Å²) in [5, 5.41) is 9.58. The molecule has 0 spiro atoms. The fourth-order valence-corrected chi connectivity index (χ4v) is 6.08. The molecular weight excluding hydrogens is 592 g/mol. The standard InChI is InChI=1S/C35H38N2O7S/c1-7-24-11-9-10-21(3)33(24)43-30-13-12-26(36-45(40,41)8-2)18-27(30)29-20-37(6)35(39)28-19-31(44-34(28)29)25-16-22(4)32(23(5)17-25)42-15-14-38/h9-13,16-20,36,38H,7-8,14-15H2,1-6H3. The lowest BCUT2D eigenvalue weighted by molar-refractivity contribution is 0.200. The molecule has 2 heterocycles. The fraction of sp³-hybridized carbons (Fsp3) is 0.286. The van der Waals surface area contributed by atoms with Crippen molar-refractivity contribution in [3.05, 3.63) is 93.4 Å². The van der Waals surface area contributed by atoms with Gasteiger partial charge in [0.05, 0.1) is 17.7 Å². The molecule has 10 heteroatoms. The summed E-state index contributed by atoms with van der Waals surface area (Å²) in [7, 11) is -1.89. The number of aliphatic hydroxyl groups excluding tert-OH is 1. The second kappa shape index (κ2) is 12.8. The second-order valence-electron chi connectivity index (χ2n) is 11.1. The zero-order valence-electron chi connectivity index (χ0n) is 26.4. The Labute approximate surface area is 263 Å². The van der Waals surface area contributed by atoms with Crippen molar-refractivity contribution in [3.63, 3.8) is 0 Å². The molecule has 2 aromatic heterocycles. The SMILES string of the molecule is CCc1cccc(C)c1Oc1ccc(NS(=O)(=O)CC)cc1-c1cn(C)c(=O)c2cc(-c3cc(C)c(OCCO)c(C)c3)oc12. The second-order valence-corrected chi connectivity index (χ2v) is 13.1. The number of hydrogen-bond donors (Lipinski definition) is 2. The molecule has 5 aromatic rings. The van der Waals surface area contributed by atoms with Crippen LogP contribution >= 0.6 is 0 Å².